The molecule has 22 heavy (non-hydrogen) atoms. The molecule has 0 N–H and O–H groups in total. The Balaban J connectivity index is 1.91. The topological polar surface area (TPSA) is 34.9 Å². The highest BCUT2D eigenvalue weighted by Gasteiger charge is 2.13. The predicted molar refractivity (Wildman–Crippen MR) is 89.9 cm³/mol. The highest BCUT2D eigenvalue weighted by Crippen LogP contribution is 2.30. The van der Waals surface area contributed by atoms with Crippen molar-refractivity contribution in [2.75, 3.05) is 0 Å². The Morgan fingerprint density at radius 2 is 2.09 bits per heavy atom. The molecular formula is C19H18N2O. The van der Waals surface area contributed by atoms with Gasteiger partial charge in [-0.25, -0.2) is 0 Å². The van der Waals surface area contributed by atoms with Gasteiger partial charge in [0.05, 0.1) is 5.52 Å². The summed E-state index contributed by atoms with van der Waals surface area (Å²) in [5.74, 6) is 0.178. The fourth-order valence-electron chi connectivity index (χ4n) is 3.16. The second-order valence-electron chi connectivity index (χ2n) is 5.99. The van der Waals surface area contributed by atoms with Crippen molar-refractivity contribution in [3.05, 3.63) is 47.7 Å². The summed E-state index contributed by atoms with van der Waals surface area (Å²) in [6.07, 6.45) is 8.55. The lowest BCUT2D eigenvalue weighted by molar-refractivity contribution is -0.114. The molecule has 0 spiro atoms. The van der Waals surface area contributed by atoms with Crippen LogP contribution in [0, 0.1) is 0 Å². The van der Waals surface area contributed by atoms with Gasteiger partial charge < -0.3 is 0 Å². The summed E-state index contributed by atoms with van der Waals surface area (Å²) in [5, 5.41) is 8.25. The van der Waals surface area contributed by atoms with Crippen molar-refractivity contribution >= 4 is 33.5 Å². The number of fused-ring (bicyclic) bond motifs is 4. The number of hydrogen-bond acceptors (Lipinski definition) is 2. The Morgan fingerprint density at radius 3 is 2.95 bits per heavy atom. The van der Waals surface area contributed by atoms with Crippen LogP contribution in [0.1, 0.15) is 30.9 Å². The van der Waals surface area contributed by atoms with Crippen molar-refractivity contribution in [3.8, 4) is 0 Å². The average molecular weight is 290 g/mol. The van der Waals surface area contributed by atoms with Gasteiger partial charge in [0.25, 0.3) is 0 Å². The molecular weight excluding hydrogens is 272 g/mol. The molecule has 0 bridgehead atoms. The molecule has 0 amide bonds. The van der Waals surface area contributed by atoms with Gasteiger partial charge in [0.1, 0.15) is 0 Å². The summed E-state index contributed by atoms with van der Waals surface area (Å²) in [5.41, 5.74) is 3.31. The van der Waals surface area contributed by atoms with Gasteiger partial charge in [-0.3, -0.25) is 9.48 Å². The number of unbranched alkanes of at least 4 members (excludes halogenated alkanes) is 1. The van der Waals surface area contributed by atoms with Crippen molar-refractivity contribution in [2.45, 2.75) is 32.7 Å². The van der Waals surface area contributed by atoms with E-state index in [0.717, 1.165) is 29.6 Å². The van der Waals surface area contributed by atoms with E-state index in [1.54, 1.807) is 6.08 Å². The van der Waals surface area contributed by atoms with E-state index in [1.165, 1.54) is 22.6 Å². The Bertz CT molecular complexity index is 918. The van der Waals surface area contributed by atoms with Crippen LogP contribution in [0.25, 0.3) is 27.8 Å². The van der Waals surface area contributed by atoms with Crippen LogP contribution in [0.2, 0.25) is 0 Å². The summed E-state index contributed by atoms with van der Waals surface area (Å²) in [6, 6.07) is 8.56. The molecule has 0 saturated heterocycles. The summed E-state index contributed by atoms with van der Waals surface area (Å²) in [7, 11) is 0. The maximum absolute atomic E-state index is 11.6. The van der Waals surface area contributed by atoms with Crippen molar-refractivity contribution in [1.82, 2.24) is 9.78 Å². The van der Waals surface area contributed by atoms with Gasteiger partial charge in [-0.15, -0.1) is 0 Å². The summed E-state index contributed by atoms with van der Waals surface area (Å²) < 4.78 is 2.04. The van der Waals surface area contributed by atoms with Gasteiger partial charge in [-0.05, 0) is 52.6 Å². The number of carbonyl (C=O) groups is 1. The molecule has 1 aliphatic carbocycles. The van der Waals surface area contributed by atoms with Crippen LogP contribution >= 0.6 is 0 Å². The van der Waals surface area contributed by atoms with Gasteiger partial charge >= 0.3 is 0 Å². The van der Waals surface area contributed by atoms with E-state index in [0.29, 0.717) is 6.42 Å². The predicted octanol–water partition coefficient (Wildman–Crippen LogP) is 4.13. The third-order valence-corrected chi connectivity index (χ3v) is 4.37. The van der Waals surface area contributed by atoms with Gasteiger partial charge in [0.15, 0.2) is 5.78 Å². The average Bonchev–Trinajstić information content (AvgIpc) is 2.94. The molecule has 0 saturated carbocycles. The standard InChI is InChI=1S/C19H18N2O/c1-2-3-8-21-12-18-17-11-15-10-16(22)6-4-13(15)9-14(17)5-7-19(18)20-21/h4-7,9,11-12H,2-3,8,10H2,1H3. The van der Waals surface area contributed by atoms with Crippen molar-refractivity contribution in [2.24, 2.45) is 0 Å². The maximum atomic E-state index is 11.6. The SMILES string of the molecule is CCCCn1cc2c(ccc3cc4c(cc32)CC(=O)C=C4)n1. The number of aromatic nitrogens is 2. The van der Waals surface area contributed by atoms with E-state index < -0.39 is 0 Å². The number of ketones is 1. The first-order valence-corrected chi connectivity index (χ1v) is 7.88. The first kappa shape index (κ1) is 13.3. The molecule has 0 unspecified atom stereocenters. The van der Waals surface area contributed by atoms with Gasteiger partial charge in [0, 0.05) is 24.5 Å². The van der Waals surface area contributed by atoms with Crippen molar-refractivity contribution < 1.29 is 4.79 Å². The van der Waals surface area contributed by atoms with E-state index in [-0.39, 0.29) is 5.78 Å². The number of hydrogen-bond donors (Lipinski definition) is 0. The fraction of sp³-hybridized carbons (Fsp3) is 0.263. The Morgan fingerprint density at radius 1 is 1.18 bits per heavy atom. The molecule has 0 fully saturated rings. The third-order valence-electron chi connectivity index (χ3n) is 4.37. The minimum atomic E-state index is 0.178. The third kappa shape index (κ3) is 2.13. The molecule has 3 heteroatoms. The molecule has 3 aromatic rings. The van der Waals surface area contributed by atoms with Crippen LogP contribution in [0.4, 0.5) is 0 Å². The molecule has 4 rings (SSSR count). The highest BCUT2D eigenvalue weighted by molar-refractivity contribution is 6.08. The van der Waals surface area contributed by atoms with Crippen molar-refractivity contribution in [1.29, 1.82) is 0 Å². The number of rotatable bonds is 3. The van der Waals surface area contributed by atoms with Crippen LogP contribution in [-0.2, 0) is 17.8 Å². The summed E-state index contributed by atoms with van der Waals surface area (Å²) in [6.45, 7) is 3.15. The largest absolute Gasteiger partial charge is 0.294 e. The molecule has 2 aromatic carbocycles. The monoisotopic (exact) mass is 290 g/mol. The molecule has 3 nitrogen and oxygen atoms in total. The van der Waals surface area contributed by atoms with Crippen molar-refractivity contribution in [3.63, 3.8) is 0 Å². The minimum absolute atomic E-state index is 0.178. The van der Waals surface area contributed by atoms with E-state index in [2.05, 4.69) is 42.5 Å². The second-order valence-corrected chi connectivity index (χ2v) is 5.99. The zero-order valence-corrected chi connectivity index (χ0v) is 12.7. The molecule has 1 aliphatic rings. The van der Waals surface area contributed by atoms with E-state index in [4.69, 9.17) is 0 Å². The number of allylic oxidation sites excluding steroid dienone is 1. The number of benzene rings is 2. The number of carbonyl (C=O) groups excluding carboxylic acids is 1. The Labute approximate surface area is 129 Å². The molecule has 1 aromatic heterocycles. The molecule has 0 aliphatic heterocycles. The lowest BCUT2D eigenvalue weighted by atomic mass is 9.92. The van der Waals surface area contributed by atoms with Crippen LogP contribution in [-0.4, -0.2) is 15.6 Å². The van der Waals surface area contributed by atoms with E-state index in [1.807, 2.05) is 10.8 Å². The molecule has 110 valence electrons. The zero-order chi connectivity index (χ0) is 15.1. The van der Waals surface area contributed by atoms with Crippen LogP contribution in [0.3, 0.4) is 0 Å². The Hall–Kier alpha value is -2.42. The van der Waals surface area contributed by atoms with Crippen LogP contribution in [0.5, 0.6) is 0 Å². The van der Waals surface area contributed by atoms with E-state index in [9.17, 15) is 4.79 Å². The minimum Gasteiger partial charge on any atom is -0.294 e. The molecule has 0 atom stereocenters. The lowest BCUT2D eigenvalue weighted by Crippen LogP contribution is -2.05. The Kier molecular flexibility index (Phi) is 3.07. The van der Waals surface area contributed by atoms with Gasteiger partial charge in [0.2, 0.25) is 0 Å². The van der Waals surface area contributed by atoms with Gasteiger partial charge in [-0.2, -0.15) is 5.10 Å². The lowest BCUT2D eigenvalue weighted by Gasteiger charge is -2.11. The maximum Gasteiger partial charge on any atom is 0.160 e. The smallest absolute Gasteiger partial charge is 0.160 e. The van der Waals surface area contributed by atoms with Crippen LogP contribution < -0.4 is 0 Å². The second kappa shape index (κ2) is 5.09. The fourth-order valence-corrected chi connectivity index (χ4v) is 3.16. The summed E-state index contributed by atoms with van der Waals surface area (Å²) in [4.78, 5) is 11.6. The molecule has 1 heterocycles. The summed E-state index contributed by atoms with van der Waals surface area (Å²) >= 11 is 0. The quantitative estimate of drug-likeness (QED) is 0.727. The van der Waals surface area contributed by atoms with Crippen LogP contribution in [0.15, 0.2) is 36.5 Å². The first-order valence-electron chi connectivity index (χ1n) is 7.88. The molecule has 0 radical (unpaired) electrons. The first-order chi connectivity index (χ1) is 10.7. The van der Waals surface area contributed by atoms with E-state index >= 15 is 0 Å². The van der Waals surface area contributed by atoms with Gasteiger partial charge in [-0.1, -0.05) is 25.5 Å². The number of nitrogens with zero attached hydrogens (tertiary/aromatic N) is 2. The normalized spacial score (nSPS) is 14.0. The zero-order valence-electron chi connectivity index (χ0n) is 12.7. The number of aryl methyl sites for hydroxylation is 1. The highest BCUT2D eigenvalue weighted by atomic mass is 16.1.